The maximum Gasteiger partial charge on any atom is 0.240 e. The Hall–Kier alpha value is -0.610. The molecule has 0 aromatic rings. The molecule has 1 heterocycles. The fraction of sp³-hybridized carbons (Fsp3) is 0.917. The Morgan fingerprint density at radius 2 is 2.06 bits per heavy atom. The van der Waals surface area contributed by atoms with Crippen LogP contribution >= 0.6 is 0 Å². The summed E-state index contributed by atoms with van der Waals surface area (Å²) >= 11 is 0. The highest BCUT2D eigenvalue weighted by Gasteiger charge is 2.43. The van der Waals surface area contributed by atoms with Gasteiger partial charge in [-0.2, -0.15) is 0 Å². The predicted molar refractivity (Wildman–Crippen MR) is 64.0 cm³/mol. The largest absolute Gasteiger partial charge is 0.353 e. The molecule has 4 heteroatoms. The van der Waals surface area contributed by atoms with Gasteiger partial charge in [-0.3, -0.25) is 9.69 Å². The summed E-state index contributed by atoms with van der Waals surface area (Å²) < 4.78 is 0. The monoisotopic (exact) mass is 225 g/mol. The number of nitrogens with zero attached hydrogens (tertiary/aromatic N) is 1. The Kier molecular flexibility index (Phi) is 3.22. The molecule has 2 fully saturated rings. The van der Waals surface area contributed by atoms with Gasteiger partial charge in [-0.15, -0.1) is 0 Å². The van der Waals surface area contributed by atoms with Gasteiger partial charge in [0.15, 0.2) is 0 Å². The average Bonchev–Trinajstić information content (AvgIpc) is 2.24. The van der Waals surface area contributed by atoms with Gasteiger partial charge >= 0.3 is 0 Å². The second-order valence-corrected chi connectivity index (χ2v) is 5.52. The third kappa shape index (κ3) is 1.96. The van der Waals surface area contributed by atoms with Crippen LogP contribution in [0.1, 0.15) is 39.5 Å². The lowest BCUT2D eigenvalue weighted by molar-refractivity contribution is -0.138. The molecule has 1 aliphatic carbocycles. The third-order valence-electron chi connectivity index (χ3n) is 4.09. The van der Waals surface area contributed by atoms with Crippen molar-refractivity contribution in [2.75, 3.05) is 13.1 Å². The number of nitrogens with two attached hydrogens (primary N) is 1. The van der Waals surface area contributed by atoms with Crippen LogP contribution in [-0.4, -0.2) is 41.5 Å². The van der Waals surface area contributed by atoms with Gasteiger partial charge in [-0.1, -0.05) is 12.8 Å². The highest BCUT2D eigenvalue weighted by atomic mass is 16.2. The van der Waals surface area contributed by atoms with Gasteiger partial charge in [-0.25, -0.2) is 0 Å². The van der Waals surface area contributed by atoms with E-state index in [9.17, 15) is 4.79 Å². The van der Waals surface area contributed by atoms with Crippen molar-refractivity contribution in [2.24, 2.45) is 5.73 Å². The van der Waals surface area contributed by atoms with Crippen LogP contribution < -0.4 is 11.1 Å². The fourth-order valence-electron chi connectivity index (χ4n) is 3.02. The van der Waals surface area contributed by atoms with Crippen LogP contribution in [0.25, 0.3) is 0 Å². The van der Waals surface area contributed by atoms with Crippen LogP contribution in [0.4, 0.5) is 0 Å². The zero-order valence-corrected chi connectivity index (χ0v) is 10.3. The highest BCUT2D eigenvalue weighted by Crippen LogP contribution is 2.29. The lowest BCUT2D eigenvalue weighted by atomic mass is 9.85. The highest BCUT2D eigenvalue weighted by molar-refractivity contribution is 5.86. The second kappa shape index (κ2) is 4.34. The number of amides is 1. The summed E-state index contributed by atoms with van der Waals surface area (Å²) in [5.74, 6) is 0.136. The summed E-state index contributed by atoms with van der Waals surface area (Å²) in [7, 11) is 0. The van der Waals surface area contributed by atoms with Crippen molar-refractivity contribution in [2.45, 2.75) is 57.2 Å². The van der Waals surface area contributed by atoms with E-state index in [2.05, 4.69) is 10.2 Å². The van der Waals surface area contributed by atoms with Crippen molar-refractivity contribution < 1.29 is 4.79 Å². The Bertz CT molecular complexity index is 277. The first-order chi connectivity index (χ1) is 7.53. The molecule has 0 spiro atoms. The Morgan fingerprint density at radius 1 is 1.38 bits per heavy atom. The maximum atomic E-state index is 11.9. The van der Waals surface area contributed by atoms with E-state index in [1.807, 2.05) is 13.8 Å². The molecule has 1 amide bonds. The molecule has 2 rings (SSSR count). The van der Waals surface area contributed by atoms with E-state index in [1.165, 1.54) is 12.8 Å². The molecule has 1 aliphatic heterocycles. The van der Waals surface area contributed by atoms with Crippen LogP contribution in [0.15, 0.2) is 0 Å². The van der Waals surface area contributed by atoms with Crippen LogP contribution in [0.3, 0.4) is 0 Å². The van der Waals surface area contributed by atoms with E-state index in [4.69, 9.17) is 5.73 Å². The molecule has 0 bridgehead atoms. The quantitative estimate of drug-likeness (QED) is 0.682. The fourth-order valence-corrected chi connectivity index (χ4v) is 3.02. The number of nitrogens with one attached hydrogen (secondary N) is 1. The van der Waals surface area contributed by atoms with Gasteiger partial charge in [0.25, 0.3) is 0 Å². The molecule has 2 unspecified atom stereocenters. The number of rotatable bonds is 1. The Morgan fingerprint density at radius 3 is 2.75 bits per heavy atom. The lowest BCUT2D eigenvalue weighted by Gasteiger charge is -2.48. The first-order valence-corrected chi connectivity index (χ1v) is 6.34. The maximum absolute atomic E-state index is 11.9. The standard InChI is InChI=1S/C12H23N3O/c1-12(2)11(16)14-7-8-15(12)10-6-4-3-5-9(10)13/h9-10H,3-8,13H2,1-2H3,(H,14,16). The van der Waals surface area contributed by atoms with Gasteiger partial charge in [0.1, 0.15) is 0 Å². The molecule has 1 saturated carbocycles. The van der Waals surface area contributed by atoms with Crippen LogP contribution in [0.5, 0.6) is 0 Å². The van der Waals surface area contributed by atoms with Gasteiger partial charge < -0.3 is 11.1 Å². The molecule has 0 aromatic carbocycles. The minimum absolute atomic E-state index is 0.136. The molecule has 16 heavy (non-hydrogen) atoms. The summed E-state index contributed by atoms with van der Waals surface area (Å²) in [5.41, 5.74) is 5.80. The van der Waals surface area contributed by atoms with Crippen molar-refractivity contribution in [1.29, 1.82) is 0 Å². The number of hydrogen-bond donors (Lipinski definition) is 2. The smallest absolute Gasteiger partial charge is 0.240 e. The topological polar surface area (TPSA) is 58.4 Å². The van der Waals surface area contributed by atoms with E-state index in [0.29, 0.717) is 6.04 Å². The molecule has 0 radical (unpaired) electrons. The first-order valence-electron chi connectivity index (χ1n) is 6.34. The van der Waals surface area contributed by atoms with Crippen LogP contribution in [-0.2, 0) is 4.79 Å². The third-order valence-corrected chi connectivity index (χ3v) is 4.09. The molecule has 0 aromatic heterocycles. The van der Waals surface area contributed by atoms with Crippen molar-refractivity contribution in [3.05, 3.63) is 0 Å². The van der Waals surface area contributed by atoms with E-state index < -0.39 is 5.54 Å². The van der Waals surface area contributed by atoms with E-state index in [-0.39, 0.29) is 11.9 Å². The molecule has 4 nitrogen and oxygen atoms in total. The normalized spacial score (nSPS) is 35.8. The molecule has 1 saturated heterocycles. The molecule has 2 aliphatic rings. The molecular formula is C12H23N3O. The molecule has 3 N–H and O–H groups in total. The Balaban J connectivity index is 2.14. The number of piperazine rings is 1. The molecule has 92 valence electrons. The van der Waals surface area contributed by atoms with Crippen LogP contribution in [0, 0.1) is 0 Å². The van der Waals surface area contributed by atoms with Crippen molar-refractivity contribution in [3.63, 3.8) is 0 Å². The summed E-state index contributed by atoms with van der Waals surface area (Å²) in [6.07, 6.45) is 4.71. The summed E-state index contributed by atoms with van der Waals surface area (Å²) in [5, 5.41) is 2.93. The lowest BCUT2D eigenvalue weighted by Crippen LogP contribution is -2.67. The van der Waals surface area contributed by atoms with Gasteiger partial charge in [0.05, 0.1) is 5.54 Å². The number of carbonyl (C=O) groups is 1. The van der Waals surface area contributed by atoms with Gasteiger partial charge in [-0.05, 0) is 26.7 Å². The van der Waals surface area contributed by atoms with E-state index in [1.54, 1.807) is 0 Å². The SMILES string of the molecule is CC1(C)C(=O)NCCN1C1CCCCC1N. The number of hydrogen-bond acceptors (Lipinski definition) is 3. The summed E-state index contributed by atoms with van der Waals surface area (Å²) in [6, 6.07) is 0.619. The minimum Gasteiger partial charge on any atom is -0.353 e. The zero-order valence-electron chi connectivity index (χ0n) is 10.3. The van der Waals surface area contributed by atoms with E-state index in [0.717, 1.165) is 25.9 Å². The zero-order chi connectivity index (χ0) is 11.8. The minimum atomic E-state index is -0.405. The van der Waals surface area contributed by atoms with Crippen LogP contribution in [0.2, 0.25) is 0 Å². The van der Waals surface area contributed by atoms with Crippen molar-refractivity contribution in [3.8, 4) is 0 Å². The molecule has 2 atom stereocenters. The van der Waals surface area contributed by atoms with Gasteiger partial charge in [0, 0.05) is 25.2 Å². The van der Waals surface area contributed by atoms with E-state index >= 15 is 0 Å². The van der Waals surface area contributed by atoms with Crippen molar-refractivity contribution >= 4 is 5.91 Å². The predicted octanol–water partition coefficient (Wildman–Crippen LogP) is 0.467. The summed E-state index contributed by atoms with van der Waals surface area (Å²) in [4.78, 5) is 14.2. The van der Waals surface area contributed by atoms with Gasteiger partial charge in [0.2, 0.25) is 5.91 Å². The summed E-state index contributed by atoms with van der Waals surface area (Å²) in [6.45, 7) is 5.69. The first kappa shape index (κ1) is 11.9. The number of carbonyl (C=O) groups excluding carboxylic acids is 1. The Labute approximate surface area is 97.6 Å². The average molecular weight is 225 g/mol. The second-order valence-electron chi connectivity index (χ2n) is 5.52. The van der Waals surface area contributed by atoms with Crippen molar-refractivity contribution in [1.82, 2.24) is 10.2 Å². The molecular weight excluding hydrogens is 202 g/mol.